The van der Waals surface area contributed by atoms with Crippen LogP contribution < -0.4 is 21.3 Å². The number of nitrogens with one attached hydrogen (secondary N) is 4. The van der Waals surface area contributed by atoms with E-state index in [1.54, 1.807) is 43.1 Å². The molecule has 0 saturated carbocycles. The van der Waals surface area contributed by atoms with Gasteiger partial charge in [-0.25, -0.2) is 4.98 Å². The van der Waals surface area contributed by atoms with Gasteiger partial charge in [-0.1, -0.05) is 59.6 Å². The highest BCUT2D eigenvalue weighted by molar-refractivity contribution is 7.09. The van der Waals surface area contributed by atoms with E-state index in [9.17, 15) is 48.3 Å². The first-order chi connectivity index (χ1) is 33.0. The van der Waals surface area contributed by atoms with Crippen LogP contribution in [0.1, 0.15) is 133 Å². The minimum absolute atomic E-state index is 0.0383. The van der Waals surface area contributed by atoms with Crippen molar-refractivity contribution in [2.75, 3.05) is 39.0 Å². The molecule has 20 heteroatoms. The molecule has 0 bridgehead atoms. The predicted molar refractivity (Wildman–Crippen MR) is 263 cm³/mol. The van der Waals surface area contributed by atoms with Crippen LogP contribution in [-0.4, -0.2) is 135 Å². The Balaban J connectivity index is 1.37. The van der Waals surface area contributed by atoms with Gasteiger partial charge in [0.2, 0.25) is 23.6 Å². The molecule has 384 valence electrons. The highest BCUT2D eigenvalue weighted by atomic mass is 32.1. The van der Waals surface area contributed by atoms with E-state index in [1.165, 1.54) is 24.5 Å². The quantitative estimate of drug-likeness (QED) is 0.0466. The number of anilines is 1. The summed E-state index contributed by atoms with van der Waals surface area (Å²) < 4.78 is 5.80. The minimum atomic E-state index is -1.04. The van der Waals surface area contributed by atoms with Crippen molar-refractivity contribution in [1.82, 2.24) is 35.6 Å². The molecule has 4 rings (SSSR count). The number of thiazole rings is 1. The number of carbonyl (C=O) groups is 9. The Morgan fingerprint density at radius 3 is 2.20 bits per heavy atom. The molecule has 19 nitrogen and oxygen atoms in total. The highest BCUT2D eigenvalue weighted by Gasteiger charge is 2.44. The van der Waals surface area contributed by atoms with E-state index in [0.29, 0.717) is 42.8 Å². The second kappa shape index (κ2) is 26.3. The number of aromatic nitrogens is 1. The number of esters is 1. The van der Waals surface area contributed by atoms with E-state index >= 15 is 0 Å². The van der Waals surface area contributed by atoms with Crippen molar-refractivity contribution in [2.45, 2.75) is 142 Å². The molecule has 2 aromatic rings. The van der Waals surface area contributed by atoms with Gasteiger partial charge in [-0.3, -0.25) is 53.0 Å². The molecule has 5 N–H and O–H groups in total. The van der Waals surface area contributed by atoms with Crippen LogP contribution in [0.3, 0.4) is 0 Å². The molecule has 1 saturated heterocycles. The second-order valence-electron chi connectivity index (χ2n) is 19.1. The summed E-state index contributed by atoms with van der Waals surface area (Å²) >= 11 is 1.12. The van der Waals surface area contributed by atoms with Gasteiger partial charge in [0, 0.05) is 68.7 Å². The van der Waals surface area contributed by atoms with E-state index in [1.807, 2.05) is 46.6 Å². The zero-order valence-corrected chi connectivity index (χ0v) is 42.8. The normalized spacial score (nSPS) is 18.4. The molecular formula is C50H72N8O11S. The fourth-order valence-corrected chi connectivity index (χ4v) is 9.47. The van der Waals surface area contributed by atoms with Crippen molar-refractivity contribution in [3.63, 3.8) is 0 Å². The molecule has 70 heavy (non-hydrogen) atoms. The number of rotatable bonds is 27. The Hall–Kier alpha value is -6.02. The van der Waals surface area contributed by atoms with Gasteiger partial charge in [0.25, 0.3) is 17.7 Å². The molecule has 2 aliphatic rings. The van der Waals surface area contributed by atoms with Gasteiger partial charge in [0.1, 0.15) is 16.7 Å². The lowest BCUT2D eigenvalue weighted by atomic mass is 9.91. The number of carbonyl (C=O) groups excluding carboxylic acids is 8. The average Bonchev–Trinajstić information content (AvgIpc) is 4.03. The Morgan fingerprint density at radius 1 is 0.943 bits per heavy atom. The first kappa shape index (κ1) is 56.6. The second-order valence-corrected chi connectivity index (χ2v) is 20.0. The van der Waals surface area contributed by atoms with Crippen molar-refractivity contribution in [1.29, 1.82) is 0 Å². The number of amides is 7. The van der Waals surface area contributed by atoms with Gasteiger partial charge in [0.15, 0.2) is 6.10 Å². The van der Waals surface area contributed by atoms with Crippen LogP contribution in [0.15, 0.2) is 41.8 Å². The number of likely N-dealkylation sites (N-methyl/N-ethyl adjacent to an activating group) is 2. The van der Waals surface area contributed by atoms with Gasteiger partial charge in [0.05, 0.1) is 18.0 Å². The monoisotopic (exact) mass is 993 g/mol. The Bertz CT molecular complexity index is 2210. The largest absolute Gasteiger partial charge is 0.481 e. The SMILES string of the molecule is CC[C@H](C)[C@H](NC(=O)[C@@]1(C)CCCN1C)C(=O)N(C)[C@H](C[C@@H](OC(C)=O)c1nc(C(=O)N[C@@H](Cc2ccc(NC(=O)CNC(=O)CCCCCN3C(=O)C=CC3=O)cc2)C[C@H](C)C(=O)O)cs1)C(C)C. The number of nitrogens with zero attached hydrogens (tertiary/aromatic N) is 4. The number of hydrogen-bond donors (Lipinski definition) is 5. The van der Waals surface area contributed by atoms with Crippen molar-refractivity contribution in [3.8, 4) is 0 Å². The molecule has 1 fully saturated rings. The van der Waals surface area contributed by atoms with E-state index in [4.69, 9.17) is 4.74 Å². The topological polar surface area (TPSA) is 254 Å². The number of hydrogen-bond acceptors (Lipinski definition) is 13. The van der Waals surface area contributed by atoms with Crippen molar-refractivity contribution in [3.05, 3.63) is 58.1 Å². The molecule has 0 aliphatic carbocycles. The lowest BCUT2D eigenvalue weighted by Gasteiger charge is -2.38. The summed E-state index contributed by atoms with van der Waals surface area (Å²) in [7, 11) is 3.60. The van der Waals surface area contributed by atoms with Gasteiger partial charge in [-0.15, -0.1) is 11.3 Å². The highest BCUT2D eigenvalue weighted by Crippen LogP contribution is 2.32. The third-order valence-electron chi connectivity index (χ3n) is 13.4. The van der Waals surface area contributed by atoms with Gasteiger partial charge in [-0.2, -0.15) is 0 Å². The van der Waals surface area contributed by atoms with Crippen LogP contribution in [0.5, 0.6) is 0 Å². The molecule has 1 aromatic heterocycles. The fraction of sp³-hybridized carbons (Fsp3) is 0.600. The molecular weight excluding hydrogens is 921 g/mol. The maximum Gasteiger partial charge on any atom is 0.306 e. The first-order valence-corrected chi connectivity index (χ1v) is 25.1. The summed E-state index contributed by atoms with van der Waals surface area (Å²) in [6.45, 7) is 13.3. The molecule has 2 aliphatic heterocycles. The van der Waals surface area contributed by atoms with Crippen LogP contribution in [0.2, 0.25) is 0 Å². The number of unbranched alkanes of at least 4 members (excludes halogenated alkanes) is 2. The summed E-state index contributed by atoms with van der Waals surface area (Å²) in [5.74, 6) is -5.17. The van der Waals surface area contributed by atoms with Gasteiger partial charge in [-0.05, 0) is 88.6 Å². The Kier molecular flexibility index (Phi) is 21.2. The van der Waals surface area contributed by atoms with Crippen LogP contribution in [0.4, 0.5) is 5.69 Å². The van der Waals surface area contributed by atoms with E-state index in [0.717, 1.165) is 34.8 Å². The molecule has 0 radical (unpaired) electrons. The summed E-state index contributed by atoms with van der Waals surface area (Å²) in [5, 5.41) is 23.0. The third kappa shape index (κ3) is 16.0. The van der Waals surface area contributed by atoms with E-state index in [-0.39, 0.29) is 85.8 Å². The first-order valence-electron chi connectivity index (χ1n) is 24.2. The number of likely N-dealkylation sites (tertiary alicyclic amines) is 1. The zero-order valence-electron chi connectivity index (χ0n) is 42.0. The number of aliphatic carboxylic acids is 1. The van der Waals surface area contributed by atoms with Crippen LogP contribution >= 0.6 is 11.3 Å². The van der Waals surface area contributed by atoms with Crippen molar-refractivity contribution in [2.24, 2.45) is 17.8 Å². The number of carboxylic acid groups (broad SMARTS) is 1. The van der Waals surface area contributed by atoms with Gasteiger partial charge >= 0.3 is 11.9 Å². The maximum atomic E-state index is 14.3. The van der Waals surface area contributed by atoms with Crippen molar-refractivity contribution < 1.29 is 53.0 Å². The Morgan fingerprint density at radius 2 is 1.61 bits per heavy atom. The smallest absolute Gasteiger partial charge is 0.306 e. The standard InChI is InChI=1S/C50H72N8O11S/c1-10-31(4)44(55-49(68)50(7)22-14-23-56(50)8)47(65)57(9)38(30(2)3)27-39(69-33(6)59)46-54-37(29-70-46)45(64)53-36(25-32(5)48(66)67)26-34-16-18-35(19-17-34)52-41(61)28-51-40(60)15-12-11-13-24-58-42(62)20-21-43(58)63/h16-21,29-32,36,38-39,44H,10-15,22-28H2,1-9H3,(H,51,60)(H,52,61)(H,53,64)(H,55,68)(H,66,67)/t31-,32-,36+,38+,39+,44-,50+/m0/s1. The Labute approximate surface area is 414 Å². The summed E-state index contributed by atoms with van der Waals surface area (Å²) in [4.78, 5) is 124. The van der Waals surface area contributed by atoms with E-state index < -0.39 is 59.4 Å². The average molecular weight is 993 g/mol. The van der Waals surface area contributed by atoms with Crippen LogP contribution in [-0.2, 0) is 49.5 Å². The maximum absolute atomic E-state index is 14.3. The summed E-state index contributed by atoms with van der Waals surface area (Å²) in [5.41, 5.74) is 0.510. The fourth-order valence-electron chi connectivity index (χ4n) is 8.63. The van der Waals surface area contributed by atoms with Crippen LogP contribution in [0, 0.1) is 17.8 Å². The molecule has 7 atom stereocenters. The zero-order chi connectivity index (χ0) is 51.9. The number of carboxylic acids is 1. The van der Waals surface area contributed by atoms with Crippen molar-refractivity contribution >= 4 is 70.3 Å². The minimum Gasteiger partial charge on any atom is -0.481 e. The number of benzene rings is 1. The molecule has 0 unspecified atom stereocenters. The lowest BCUT2D eigenvalue weighted by Crippen LogP contribution is -2.60. The third-order valence-corrected chi connectivity index (χ3v) is 14.3. The molecule has 3 heterocycles. The lowest BCUT2D eigenvalue weighted by molar-refractivity contribution is -0.149. The molecule has 0 spiro atoms. The van der Waals surface area contributed by atoms with E-state index in [2.05, 4.69) is 26.3 Å². The summed E-state index contributed by atoms with van der Waals surface area (Å²) in [6.07, 6.45) is 6.13. The number of ether oxygens (including phenoxy) is 1. The number of imide groups is 1. The predicted octanol–water partition coefficient (Wildman–Crippen LogP) is 4.63. The molecule has 7 amide bonds. The van der Waals surface area contributed by atoms with Crippen LogP contribution in [0.25, 0.3) is 0 Å². The molecule has 1 aromatic carbocycles. The van der Waals surface area contributed by atoms with Gasteiger partial charge < -0.3 is 36.0 Å². The summed E-state index contributed by atoms with van der Waals surface area (Å²) in [6, 6.07) is 4.90.